The monoisotopic (exact) mass is 305 g/mol. The molecule has 1 N–H and O–H groups in total. The molecule has 0 amide bonds. The summed E-state index contributed by atoms with van der Waals surface area (Å²) in [5.41, 5.74) is -0.404. The number of hydrogen-bond donors (Lipinski definition) is 1. The second kappa shape index (κ2) is 5.30. The molecule has 1 aromatic heterocycles. The quantitative estimate of drug-likeness (QED) is 0.866. The standard InChI is InChI=1S/C14H9BrFNO/c15-8-7-14(18,12-5-9-17-10-6-12)11-1-3-13(16)4-2-11/h1-6,9-10,18H. The first-order chi connectivity index (χ1) is 8.66. The van der Waals surface area contributed by atoms with Crippen molar-refractivity contribution in [2.75, 3.05) is 0 Å². The average Bonchev–Trinajstić information content (AvgIpc) is 2.40. The van der Waals surface area contributed by atoms with Crippen molar-refractivity contribution in [2.45, 2.75) is 5.60 Å². The smallest absolute Gasteiger partial charge is 0.177 e. The second-order valence-electron chi connectivity index (χ2n) is 3.67. The number of hydrogen-bond acceptors (Lipinski definition) is 2. The predicted molar refractivity (Wildman–Crippen MR) is 70.3 cm³/mol. The molecule has 1 atom stereocenters. The maximum Gasteiger partial charge on any atom is 0.177 e. The van der Waals surface area contributed by atoms with Gasteiger partial charge in [0.1, 0.15) is 5.82 Å². The lowest BCUT2D eigenvalue weighted by Gasteiger charge is -2.23. The van der Waals surface area contributed by atoms with Crippen LogP contribution in [0, 0.1) is 16.6 Å². The molecule has 0 aliphatic carbocycles. The maximum absolute atomic E-state index is 12.9. The van der Waals surface area contributed by atoms with Gasteiger partial charge in [0.05, 0.1) is 0 Å². The van der Waals surface area contributed by atoms with E-state index in [1.165, 1.54) is 24.3 Å². The first-order valence-electron chi connectivity index (χ1n) is 5.18. The van der Waals surface area contributed by atoms with E-state index < -0.39 is 5.60 Å². The second-order valence-corrected chi connectivity index (χ2v) is 4.07. The van der Waals surface area contributed by atoms with Crippen LogP contribution in [0.3, 0.4) is 0 Å². The summed E-state index contributed by atoms with van der Waals surface area (Å²) in [7, 11) is 0. The molecule has 4 heteroatoms. The summed E-state index contributed by atoms with van der Waals surface area (Å²) >= 11 is 2.98. The summed E-state index contributed by atoms with van der Waals surface area (Å²) in [5.74, 6) is 2.32. The minimum Gasteiger partial charge on any atom is -0.369 e. The summed E-state index contributed by atoms with van der Waals surface area (Å²) in [5, 5.41) is 10.7. The van der Waals surface area contributed by atoms with Crippen LogP contribution < -0.4 is 0 Å². The molecule has 2 rings (SSSR count). The van der Waals surface area contributed by atoms with Crippen molar-refractivity contribution in [3.05, 3.63) is 65.7 Å². The van der Waals surface area contributed by atoms with E-state index in [9.17, 15) is 9.50 Å². The van der Waals surface area contributed by atoms with Crippen molar-refractivity contribution in [1.82, 2.24) is 4.98 Å². The van der Waals surface area contributed by atoms with Crippen molar-refractivity contribution >= 4 is 15.9 Å². The number of pyridine rings is 1. The minimum atomic E-state index is -1.49. The Labute approximate surface area is 113 Å². The molecule has 1 unspecified atom stereocenters. The van der Waals surface area contributed by atoms with Crippen LogP contribution in [0.2, 0.25) is 0 Å². The molecule has 90 valence electrons. The third-order valence-corrected chi connectivity index (χ3v) is 2.79. The van der Waals surface area contributed by atoms with Crippen molar-refractivity contribution in [3.63, 3.8) is 0 Å². The molecule has 2 nitrogen and oxygen atoms in total. The average molecular weight is 306 g/mol. The van der Waals surface area contributed by atoms with Crippen molar-refractivity contribution in [2.24, 2.45) is 0 Å². The minimum absolute atomic E-state index is 0.359. The molecule has 0 aliphatic rings. The molecule has 0 spiro atoms. The van der Waals surface area contributed by atoms with E-state index in [1.54, 1.807) is 24.5 Å². The Morgan fingerprint density at radius 3 is 2.17 bits per heavy atom. The fourth-order valence-electron chi connectivity index (χ4n) is 1.66. The Balaban J connectivity index is 2.57. The van der Waals surface area contributed by atoms with Gasteiger partial charge in [-0.1, -0.05) is 12.1 Å². The molecule has 0 saturated heterocycles. The highest BCUT2D eigenvalue weighted by molar-refractivity contribution is 9.12. The van der Waals surface area contributed by atoms with Crippen LogP contribution in [-0.2, 0) is 5.60 Å². The summed E-state index contributed by atoms with van der Waals surface area (Å²) < 4.78 is 12.9. The Kier molecular flexibility index (Phi) is 3.75. The topological polar surface area (TPSA) is 33.1 Å². The van der Waals surface area contributed by atoms with E-state index in [1.807, 2.05) is 0 Å². The molecule has 1 heterocycles. The summed E-state index contributed by atoms with van der Waals surface area (Å²) in [6.07, 6.45) is 3.14. The molecule has 1 aromatic carbocycles. The van der Waals surface area contributed by atoms with E-state index in [0.29, 0.717) is 11.1 Å². The molecule has 0 saturated carbocycles. The SMILES string of the molecule is OC(C#CBr)(c1ccncc1)c1ccc(F)cc1. The molecule has 0 radical (unpaired) electrons. The van der Waals surface area contributed by atoms with Crippen LogP contribution >= 0.6 is 15.9 Å². The number of benzene rings is 1. The maximum atomic E-state index is 12.9. The summed E-state index contributed by atoms with van der Waals surface area (Å²) in [4.78, 5) is 6.41. The number of aromatic nitrogens is 1. The van der Waals surface area contributed by atoms with Gasteiger partial charge < -0.3 is 5.11 Å². The predicted octanol–water partition coefficient (Wildman–Crippen LogP) is 2.81. The van der Waals surface area contributed by atoms with Gasteiger partial charge in [0.25, 0.3) is 0 Å². The Morgan fingerprint density at radius 1 is 1.06 bits per heavy atom. The number of rotatable bonds is 2. The molecule has 0 aliphatic heterocycles. The van der Waals surface area contributed by atoms with Gasteiger partial charge in [-0.05, 0) is 35.0 Å². The number of aliphatic hydroxyl groups is 1. The lowest BCUT2D eigenvalue weighted by molar-refractivity contribution is 0.145. The van der Waals surface area contributed by atoms with Crippen molar-refractivity contribution < 1.29 is 9.50 Å². The van der Waals surface area contributed by atoms with E-state index in [0.717, 1.165) is 0 Å². The van der Waals surface area contributed by atoms with Crippen LogP contribution in [0.1, 0.15) is 11.1 Å². The van der Waals surface area contributed by atoms with Gasteiger partial charge in [0.2, 0.25) is 0 Å². The van der Waals surface area contributed by atoms with E-state index in [2.05, 4.69) is 31.7 Å². The Morgan fingerprint density at radius 2 is 1.61 bits per heavy atom. The zero-order chi connectivity index (χ0) is 13.0. The number of halogens is 2. The lowest BCUT2D eigenvalue weighted by atomic mass is 9.88. The van der Waals surface area contributed by atoms with Crippen LogP contribution in [0.25, 0.3) is 0 Å². The molecule has 18 heavy (non-hydrogen) atoms. The first kappa shape index (κ1) is 12.7. The molecular formula is C14H9BrFNO. The van der Waals surface area contributed by atoms with Gasteiger partial charge >= 0.3 is 0 Å². The van der Waals surface area contributed by atoms with Crippen molar-refractivity contribution in [3.8, 4) is 10.8 Å². The zero-order valence-corrected chi connectivity index (χ0v) is 10.9. The molecular weight excluding hydrogens is 297 g/mol. The fraction of sp³-hybridized carbons (Fsp3) is 0.0714. The highest BCUT2D eigenvalue weighted by atomic mass is 79.9. The highest BCUT2D eigenvalue weighted by Gasteiger charge is 2.29. The Hall–Kier alpha value is -1.70. The normalized spacial score (nSPS) is 13.3. The highest BCUT2D eigenvalue weighted by Crippen LogP contribution is 2.28. The summed E-state index contributed by atoms with van der Waals surface area (Å²) in [6, 6.07) is 8.93. The first-order valence-corrected chi connectivity index (χ1v) is 5.98. The van der Waals surface area contributed by atoms with Gasteiger partial charge in [0, 0.05) is 39.5 Å². The largest absolute Gasteiger partial charge is 0.369 e. The van der Waals surface area contributed by atoms with E-state index >= 15 is 0 Å². The Bertz CT molecular complexity index is 589. The van der Waals surface area contributed by atoms with Crippen LogP contribution in [0.15, 0.2) is 48.8 Å². The fourth-order valence-corrected chi connectivity index (χ4v) is 1.95. The van der Waals surface area contributed by atoms with Crippen LogP contribution in [0.4, 0.5) is 4.39 Å². The molecule has 0 fully saturated rings. The van der Waals surface area contributed by atoms with Gasteiger partial charge in [-0.25, -0.2) is 4.39 Å². The molecule has 0 bridgehead atoms. The van der Waals surface area contributed by atoms with E-state index in [4.69, 9.17) is 0 Å². The van der Waals surface area contributed by atoms with Crippen LogP contribution in [0.5, 0.6) is 0 Å². The van der Waals surface area contributed by atoms with Gasteiger partial charge in [-0.2, -0.15) is 0 Å². The van der Waals surface area contributed by atoms with Gasteiger partial charge in [0.15, 0.2) is 5.60 Å². The zero-order valence-electron chi connectivity index (χ0n) is 9.27. The molecule has 2 aromatic rings. The lowest BCUT2D eigenvalue weighted by Crippen LogP contribution is -2.25. The van der Waals surface area contributed by atoms with Crippen molar-refractivity contribution in [1.29, 1.82) is 0 Å². The number of nitrogens with zero attached hydrogens (tertiary/aromatic N) is 1. The summed E-state index contributed by atoms with van der Waals surface area (Å²) in [6.45, 7) is 0. The van der Waals surface area contributed by atoms with Gasteiger partial charge in [-0.15, -0.1) is 0 Å². The third-order valence-electron chi connectivity index (χ3n) is 2.59. The van der Waals surface area contributed by atoms with Crippen LogP contribution in [-0.4, -0.2) is 10.1 Å². The third kappa shape index (κ3) is 2.42. The van der Waals surface area contributed by atoms with E-state index in [-0.39, 0.29) is 5.82 Å². The van der Waals surface area contributed by atoms with Gasteiger partial charge in [-0.3, -0.25) is 4.98 Å².